The zero-order valence-corrected chi connectivity index (χ0v) is 8.26. The monoisotopic (exact) mass is 178 g/mol. The van der Waals surface area contributed by atoms with Crippen LogP contribution in [0.5, 0.6) is 5.75 Å². The fourth-order valence-corrected chi connectivity index (χ4v) is 1.29. The summed E-state index contributed by atoms with van der Waals surface area (Å²) in [5.41, 5.74) is 2.46. The van der Waals surface area contributed by atoms with Crippen LogP contribution < -0.4 is 4.74 Å². The summed E-state index contributed by atoms with van der Waals surface area (Å²) in [6.45, 7) is 5.53. The second kappa shape index (κ2) is 4.08. The lowest BCUT2D eigenvalue weighted by atomic mass is 10.1. The second-order valence-electron chi connectivity index (χ2n) is 3.04. The van der Waals surface area contributed by atoms with Crippen molar-refractivity contribution in [3.63, 3.8) is 0 Å². The van der Waals surface area contributed by atoms with Gasteiger partial charge in [0.15, 0.2) is 0 Å². The van der Waals surface area contributed by atoms with E-state index in [0.29, 0.717) is 5.75 Å². The predicted molar refractivity (Wildman–Crippen MR) is 51.9 cm³/mol. The summed E-state index contributed by atoms with van der Waals surface area (Å²) < 4.78 is 4.96. The lowest BCUT2D eigenvalue weighted by Gasteiger charge is -2.05. The van der Waals surface area contributed by atoms with E-state index in [1.54, 1.807) is 0 Å². The SMILES string of the molecule is CCc1ccc(OC(C)=O)cc1C. The van der Waals surface area contributed by atoms with E-state index < -0.39 is 0 Å². The Labute approximate surface area is 78.5 Å². The van der Waals surface area contributed by atoms with Gasteiger partial charge < -0.3 is 4.74 Å². The fraction of sp³-hybridized carbons (Fsp3) is 0.364. The molecule has 70 valence electrons. The Morgan fingerprint density at radius 3 is 2.62 bits per heavy atom. The molecule has 1 aromatic carbocycles. The molecule has 2 heteroatoms. The van der Waals surface area contributed by atoms with E-state index in [4.69, 9.17) is 4.74 Å². The number of carbonyl (C=O) groups excluding carboxylic acids is 1. The van der Waals surface area contributed by atoms with Gasteiger partial charge in [0.2, 0.25) is 0 Å². The third-order valence-corrected chi connectivity index (χ3v) is 1.96. The molecule has 0 aliphatic heterocycles. The van der Waals surface area contributed by atoms with E-state index in [1.165, 1.54) is 18.1 Å². The van der Waals surface area contributed by atoms with Crippen LogP contribution in [-0.4, -0.2) is 5.97 Å². The molecule has 1 aromatic rings. The van der Waals surface area contributed by atoms with Crippen LogP contribution >= 0.6 is 0 Å². The molecule has 0 atom stereocenters. The summed E-state index contributed by atoms with van der Waals surface area (Å²) in [5, 5.41) is 0. The van der Waals surface area contributed by atoms with Crippen LogP contribution in [0.15, 0.2) is 18.2 Å². The van der Waals surface area contributed by atoms with Gasteiger partial charge in [-0.2, -0.15) is 0 Å². The first kappa shape index (κ1) is 9.78. The molecule has 0 N–H and O–H groups in total. The fourth-order valence-electron chi connectivity index (χ4n) is 1.29. The van der Waals surface area contributed by atoms with Crippen LogP contribution in [0.4, 0.5) is 0 Å². The molecule has 13 heavy (non-hydrogen) atoms. The summed E-state index contributed by atoms with van der Waals surface area (Å²) in [4.78, 5) is 10.7. The average Bonchev–Trinajstić information content (AvgIpc) is 2.03. The number of aryl methyl sites for hydroxylation is 2. The Kier molecular flexibility index (Phi) is 3.07. The molecule has 0 aliphatic carbocycles. The predicted octanol–water partition coefficient (Wildman–Crippen LogP) is 2.48. The van der Waals surface area contributed by atoms with Crippen molar-refractivity contribution in [2.75, 3.05) is 0 Å². The summed E-state index contributed by atoms with van der Waals surface area (Å²) in [7, 11) is 0. The van der Waals surface area contributed by atoms with Gasteiger partial charge in [-0.05, 0) is 36.6 Å². The van der Waals surface area contributed by atoms with Crippen molar-refractivity contribution in [1.29, 1.82) is 0 Å². The van der Waals surface area contributed by atoms with Crippen LogP contribution in [-0.2, 0) is 11.2 Å². The molecule has 0 amide bonds. The highest BCUT2D eigenvalue weighted by atomic mass is 16.5. The minimum Gasteiger partial charge on any atom is -0.427 e. The number of hydrogen-bond acceptors (Lipinski definition) is 2. The number of esters is 1. The van der Waals surface area contributed by atoms with E-state index in [9.17, 15) is 4.79 Å². The third-order valence-electron chi connectivity index (χ3n) is 1.96. The van der Waals surface area contributed by atoms with Gasteiger partial charge in [-0.25, -0.2) is 0 Å². The smallest absolute Gasteiger partial charge is 0.308 e. The summed E-state index contributed by atoms with van der Waals surface area (Å²) >= 11 is 0. The van der Waals surface area contributed by atoms with E-state index >= 15 is 0 Å². The molecule has 2 nitrogen and oxygen atoms in total. The number of hydrogen-bond donors (Lipinski definition) is 0. The van der Waals surface area contributed by atoms with E-state index in [2.05, 4.69) is 6.92 Å². The van der Waals surface area contributed by atoms with Gasteiger partial charge in [0.1, 0.15) is 5.75 Å². The molecule has 0 aromatic heterocycles. The van der Waals surface area contributed by atoms with Gasteiger partial charge in [-0.15, -0.1) is 0 Å². The van der Waals surface area contributed by atoms with E-state index in [0.717, 1.165) is 6.42 Å². The van der Waals surface area contributed by atoms with Gasteiger partial charge in [-0.1, -0.05) is 13.0 Å². The molecule has 1 rings (SSSR count). The lowest BCUT2D eigenvalue weighted by molar-refractivity contribution is -0.131. The lowest BCUT2D eigenvalue weighted by Crippen LogP contribution is -2.01. The van der Waals surface area contributed by atoms with Gasteiger partial charge in [0.25, 0.3) is 0 Å². The van der Waals surface area contributed by atoms with Crippen molar-refractivity contribution >= 4 is 5.97 Å². The Morgan fingerprint density at radius 2 is 2.15 bits per heavy atom. The van der Waals surface area contributed by atoms with Gasteiger partial charge in [0.05, 0.1) is 0 Å². The molecule has 0 saturated carbocycles. The van der Waals surface area contributed by atoms with Crippen molar-refractivity contribution in [3.05, 3.63) is 29.3 Å². The highest BCUT2D eigenvalue weighted by Gasteiger charge is 2.00. The van der Waals surface area contributed by atoms with E-state index in [-0.39, 0.29) is 5.97 Å². The number of ether oxygens (including phenoxy) is 1. The molecule has 0 fully saturated rings. The average molecular weight is 178 g/mol. The first-order valence-electron chi connectivity index (χ1n) is 4.41. The zero-order chi connectivity index (χ0) is 9.84. The van der Waals surface area contributed by atoms with Crippen molar-refractivity contribution in [3.8, 4) is 5.75 Å². The first-order chi connectivity index (χ1) is 6.13. The number of benzene rings is 1. The van der Waals surface area contributed by atoms with Crippen LogP contribution in [0, 0.1) is 6.92 Å². The number of rotatable bonds is 2. The van der Waals surface area contributed by atoms with Crippen molar-refractivity contribution in [1.82, 2.24) is 0 Å². The van der Waals surface area contributed by atoms with Crippen molar-refractivity contribution in [2.45, 2.75) is 27.2 Å². The molecule has 0 unspecified atom stereocenters. The zero-order valence-electron chi connectivity index (χ0n) is 8.26. The Bertz CT molecular complexity index is 316. The first-order valence-corrected chi connectivity index (χ1v) is 4.41. The molecular formula is C11H14O2. The Hall–Kier alpha value is -1.31. The summed E-state index contributed by atoms with van der Waals surface area (Å²) in [5.74, 6) is 0.353. The van der Waals surface area contributed by atoms with Crippen LogP contribution in [0.25, 0.3) is 0 Å². The molecule has 0 saturated heterocycles. The Morgan fingerprint density at radius 1 is 1.46 bits per heavy atom. The highest BCUT2D eigenvalue weighted by molar-refractivity contribution is 5.69. The van der Waals surface area contributed by atoms with Crippen LogP contribution in [0.1, 0.15) is 25.0 Å². The van der Waals surface area contributed by atoms with Gasteiger partial charge in [-0.3, -0.25) is 4.79 Å². The third kappa shape index (κ3) is 2.58. The molecule has 0 heterocycles. The molecule has 0 bridgehead atoms. The maximum absolute atomic E-state index is 10.7. The quantitative estimate of drug-likeness (QED) is 0.513. The van der Waals surface area contributed by atoms with Crippen LogP contribution in [0.2, 0.25) is 0 Å². The summed E-state index contributed by atoms with van der Waals surface area (Å²) in [6, 6.07) is 5.71. The topological polar surface area (TPSA) is 26.3 Å². The van der Waals surface area contributed by atoms with Crippen molar-refractivity contribution in [2.24, 2.45) is 0 Å². The maximum atomic E-state index is 10.7. The van der Waals surface area contributed by atoms with Gasteiger partial charge in [0, 0.05) is 6.92 Å². The standard InChI is InChI=1S/C11H14O2/c1-4-10-5-6-11(7-8(10)2)13-9(3)12/h5-7H,4H2,1-3H3. The van der Waals surface area contributed by atoms with Gasteiger partial charge >= 0.3 is 5.97 Å². The molecule has 0 aliphatic rings. The van der Waals surface area contributed by atoms with E-state index in [1.807, 2.05) is 25.1 Å². The maximum Gasteiger partial charge on any atom is 0.308 e. The number of carbonyl (C=O) groups is 1. The molecule has 0 spiro atoms. The van der Waals surface area contributed by atoms with Crippen molar-refractivity contribution < 1.29 is 9.53 Å². The Balaban J connectivity index is 2.89. The summed E-state index contributed by atoms with van der Waals surface area (Å²) in [6.07, 6.45) is 1.01. The minimum atomic E-state index is -0.274. The normalized spacial score (nSPS) is 9.77. The second-order valence-corrected chi connectivity index (χ2v) is 3.04. The minimum absolute atomic E-state index is 0.274. The molecular weight excluding hydrogens is 164 g/mol. The largest absolute Gasteiger partial charge is 0.427 e. The van der Waals surface area contributed by atoms with Crippen LogP contribution in [0.3, 0.4) is 0 Å². The molecule has 0 radical (unpaired) electrons. The highest BCUT2D eigenvalue weighted by Crippen LogP contribution is 2.17.